The number of aromatic nitrogens is 4. The van der Waals surface area contributed by atoms with Gasteiger partial charge in [-0.05, 0) is 38.8 Å². The van der Waals surface area contributed by atoms with Crippen LogP contribution in [0.15, 0.2) is 36.0 Å². The van der Waals surface area contributed by atoms with E-state index in [0.29, 0.717) is 36.0 Å². The Labute approximate surface area is 227 Å². The van der Waals surface area contributed by atoms with Gasteiger partial charge in [-0.25, -0.2) is 24.3 Å². The van der Waals surface area contributed by atoms with Crippen molar-refractivity contribution in [2.24, 2.45) is 0 Å². The molecule has 0 radical (unpaired) electrons. The first-order chi connectivity index (χ1) is 18.4. The lowest BCUT2D eigenvalue weighted by Gasteiger charge is -2.42. The molecule has 2 atom stereocenters. The third-order valence-electron chi connectivity index (χ3n) is 6.94. The third-order valence-corrected chi connectivity index (χ3v) is 8.79. The minimum absolute atomic E-state index is 0.0274. The molecular formula is C26H26FN7O2S2. The number of aryl methyl sites for hydroxylation is 2. The van der Waals surface area contributed by atoms with Crippen molar-refractivity contribution in [3.63, 3.8) is 0 Å². The number of rotatable bonds is 6. The second-order valence-corrected chi connectivity index (χ2v) is 11.5. The van der Waals surface area contributed by atoms with E-state index in [1.54, 1.807) is 29.7 Å². The van der Waals surface area contributed by atoms with Crippen LogP contribution >= 0.6 is 22.7 Å². The van der Waals surface area contributed by atoms with Gasteiger partial charge >= 0.3 is 0 Å². The molecule has 2 fully saturated rings. The molecule has 0 aromatic carbocycles. The van der Waals surface area contributed by atoms with Gasteiger partial charge in [0.25, 0.3) is 5.91 Å². The number of anilines is 3. The number of carbonyl (C=O) groups excluding carboxylic acids is 1. The molecular weight excluding hydrogens is 525 g/mol. The van der Waals surface area contributed by atoms with Crippen LogP contribution in [0.1, 0.15) is 33.9 Å². The monoisotopic (exact) mass is 551 g/mol. The smallest absolute Gasteiger partial charge is 0.256 e. The van der Waals surface area contributed by atoms with Gasteiger partial charge in [0.2, 0.25) is 5.88 Å². The van der Waals surface area contributed by atoms with Gasteiger partial charge in [-0.15, -0.1) is 22.7 Å². The van der Waals surface area contributed by atoms with Crippen LogP contribution < -0.4 is 15.0 Å². The predicted octanol–water partition coefficient (Wildman–Crippen LogP) is 5.06. The number of hydrogen-bond acceptors (Lipinski definition) is 10. The standard InChI is InChI=1S/C26H26FN7O2S2/c1-14-23(38-15(2)30-14)20-13-37-26(31-20)32-22-7-4-16(9-28-22)25(35)34-18-5-6-19(34)12-33(11-18)21-8-17(27)10-29-24(21)36-3/h4,7-10,13,18-19H,5-6,11-12H2,1-3H3,(H,28,31,32)/t18-,19-/m0/s1. The first kappa shape index (κ1) is 24.7. The van der Waals surface area contributed by atoms with Crippen molar-refractivity contribution < 1.29 is 13.9 Å². The lowest BCUT2D eigenvalue weighted by atomic mass is 10.1. The zero-order chi connectivity index (χ0) is 26.4. The second-order valence-electron chi connectivity index (χ2n) is 9.43. The summed E-state index contributed by atoms with van der Waals surface area (Å²) in [6.07, 6.45) is 4.56. The fourth-order valence-corrected chi connectivity index (χ4v) is 6.95. The number of halogens is 1. The summed E-state index contributed by atoms with van der Waals surface area (Å²) in [6.45, 7) is 5.18. The molecule has 0 saturated carbocycles. The van der Waals surface area contributed by atoms with E-state index in [2.05, 4.69) is 30.2 Å². The first-order valence-corrected chi connectivity index (χ1v) is 14.0. The zero-order valence-corrected chi connectivity index (χ0v) is 22.8. The second kappa shape index (κ2) is 9.91. The molecule has 9 nitrogen and oxygen atoms in total. The summed E-state index contributed by atoms with van der Waals surface area (Å²) < 4.78 is 19.3. The number of fused-ring (bicyclic) bond motifs is 2. The molecule has 6 rings (SSSR count). The largest absolute Gasteiger partial charge is 0.480 e. The summed E-state index contributed by atoms with van der Waals surface area (Å²) in [4.78, 5) is 36.3. The average molecular weight is 552 g/mol. The number of carbonyl (C=O) groups is 1. The number of amides is 1. The summed E-state index contributed by atoms with van der Waals surface area (Å²) in [6, 6.07) is 5.11. The maximum absolute atomic E-state index is 13.9. The van der Waals surface area contributed by atoms with Crippen LogP contribution in [0.4, 0.5) is 21.0 Å². The van der Waals surface area contributed by atoms with Gasteiger partial charge < -0.3 is 19.9 Å². The third kappa shape index (κ3) is 4.58. The number of thiazole rings is 2. The predicted molar refractivity (Wildman–Crippen MR) is 146 cm³/mol. The van der Waals surface area contributed by atoms with Crippen LogP contribution in [0.3, 0.4) is 0 Å². The minimum atomic E-state index is -0.408. The molecule has 196 valence electrons. The summed E-state index contributed by atoms with van der Waals surface area (Å²) in [5.41, 5.74) is 3.04. The van der Waals surface area contributed by atoms with Crippen molar-refractivity contribution in [2.75, 3.05) is 30.4 Å². The molecule has 0 spiro atoms. The molecule has 2 aliphatic rings. The van der Waals surface area contributed by atoms with E-state index in [4.69, 9.17) is 4.74 Å². The van der Waals surface area contributed by atoms with Gasteiger partial charge in [0.1, 0.15) is 17.3 Å². The summed E-state index contributed by atoms with van der Waals surface area (Å²) in [7, 11) is 1.53. The molecule has 6 heterocycles. The van der Waals surface area contributed by atoms with Crippen LogP contribution in [0.5, 0.6) is 5.88 Å². The topological polar surface area (TPSA) is 96.4 Å². The van der Waals surface area contributed by atoms with E-state index in [1.165, 1.54) is 24.5 Å². The Morgan fingerprint density at radius 3 is 2.58 bits per heavy atom. The maximum Gasteiger partial charge on any atom is 0.256 e. The molecule has 2 aliphatic heterocycles. The molecule has 38 heavy (non-hydrogen) atoms. The van der Waals surface area contributed by atoms with E-state index < -0.39 is 5.82 Å². The lowest BCUT2D eigenvalue weighted by Crippen LogP contribution is -2.56. The highest BCUT2D eigenvalue weighted by molar-refractivity contribution is 7.16. The van der Waals surface area contributed by atoms with Crippen molar-refractivity contribution in [3.05, 3.63) is 58.1 Å². The number of piperazine rings is 1. The summed E-state index contributed by atoms with van der Waals surface area (Å²) in [5.74, 6) is 0.572. The fourth-order valence-electron chi connectivity index (χ4n) is 5.29. The summed E-state index contributed by atoms with van der Waals surface area (Å²) >= 11 is 3.13. The van der Waals surface area contributed by atoms with Gasteiger partial charge in [0.05, 0.1) is 40.1 Å². The molecule has 4 aromatic rings. The van der Waals surface area contributed by atoms with Crippen molar-refractivity contribution in [1.29, 1.82) is 0 Å². The van der Waals surface area contributed by atoms with Gasteiger partial charge in [0.15, 0.2) is 5.13 Å². The van der Waals surface area contributed by atoms with E-state index in [-0.39, 0.29) is 18.0 Å². The lowest BCUT2D eigenvalue weighted by molar-refractivity contribution is 0.0641. The van der Waals surface area contributed by atoms with Crippen LogP contribution in [0.25, 0.3) is 10.6 Å². The van der Waals surface area contributed by atoms with Crippen molar-refractivity contribution in [3.8, 4) is 16.5 Å². The van der Waals surface area contributed by atoms with Gasteiger partial charge in [-0.2, -0.15) is 0 Å². The maximum atomic E-state index is 13.9. The Balaban J connectivity index is 1.13. The summed E-state index contributed by atoms with van der Waals surface area (Å²) in [5, 5.41) is 6.99. The zero-order valence-electron chi connectivity index (χ0n) is 21.1. The van der Waals surface area contributed by atoms with Gasteiger partial charge in [0, 0.05) is 42.8 Å². The Morgan fingerprint density at radius 1 is 1.13 bits per heavy atom. The molecule has 4 aromatic heterocycles. The Kier molecular flexibility index (Phi) is 6.44. The molecule has 12 heteroatoms. The Hall–Kier alpha value is -3.64. The molecule has 2 saturated heterocycles. The highest BCUT2D eigenvalue weighted by Gasteiger charge is 2.43. The molecule has 1 N–H and O–H groups in total. The number of pyridine rings is 2. The number of methoxy groups -OCH3 is 1. The quantitative estimate of drug-likeness (QED) is 0.355. The molecule has 0 unspecified atom stereocenters. The van der Waals surface area contributed by atoms with Gasteiger partial charge in [-0.1, -0.05) is 0 Å². The van der Waals surface area contributed by atoms with Crippen molar-refractivity contribution >= 4 is 45.2 Å². The Bertz CT molecular complexity index is 1480. The van der Waals surface area contributed by atoms with Crippen LogP contribution in [0, 0.1) is 19.7 Å². The highest BCUT2D eigenvalue weighted by atomic mass is 32.1. The van der Waals surface area contributed by atoms with Crippen molar-refractivity contribution in [1.82, 2.24) is 24.8 Å². The number of nitrogens with zero attached hydrogens (tertiary/aromatic N) is 6. The van der Waals surface area contributed by atoms with Crippen LogP contribution in [-0.4, -0.2) is 63.0 Å². The highest BCUT2D eigenvalue weighted by Crippen LogP contribution is 2.37. The van der Waals surface area contributed by atoms with E-state index in [9.17, 15) is 9.18 Å². The van der Waals surface area contributed by atoms with Crippen molar-refractivity contribution in [2.45, 2.75) is 38.8 Å². The normalized spacial score (nSPS) is 18.6. The SMILES string of the molecule is COc1ncc(F)cc1N1C[C@@H]2CC[C@@H](C1)N2C(=O)c1ccc(Nc2nc(-c3sc(C)nc3C)cs2)nc1. The fraction of sp³-hybridized carbons (Fsp3) is 0.346. The van der Waals surface area contributed by atoms with E-state index in [1.807, 2.05) is 24.1 Å². The molecule has 0 aliphatic carbocycles. The number of nitrogens with one attached hydrogen (secondary N) is 1. The first-order valence-electron chi connectivity index (χ1n) is 12.3. The van der Waals surface area contributed by atoms with Crippen LogP contribution in [0.2, 0.25) is 0 Å². The van der Waals surface area contributed by atoms with Crippen LogP contribution in [-0.2, 0) is 0 Å². The Morgan fingerprint density at radius 2 is 1.92 bits per heavy atom. The van der Waals surface area contributed by atoms with E-state index >= 15 is 0 Å². The number of hydrogen-bond donors (Lipinski definition) is 1. The minimum Gasteiger partial charge on any atom is -0.480 e. The molecule has 1 amide bonds. The van der Waals surface area contributed by atoms with E-state index in [0.717, 1.165) is 45.4 Å². The number of ether oxygens (including phenoxy) is 1. The molecule has 2 bridgehead atoms. The average Bonchev–Trinajstić information content (AvgIpc) is 3.58. The van der Waals surface area contributed by atoms with Gasteiger partial charge in [-0.3, -0.25) is 4.79 Å².